The molecule has 0 radical (unpaired) electrons. The molecule has 0 saturated carbocycles. The zero-order valence-electron chi connectivity index (χ0n) is 7.50. The fourth-order valence-electron chi connectivity index (χ4n) is 0.895. The van der Waals surface area contributed by atoms with E-state index >= 15 is 0 Å². The second-order valence-electron chi connectivity index (χ2n) is 2.68. The van der Waals surface area contributed by atoms with E-state index in [1.165, 1.54) is 6.92 Å². The van der Waals surface area contributed by atoms with E-state index in [0.29, 0.717) is 0 Å². The summed E-state index contributed by atoms with van der Waals surface area (Å²) in [7, 11) is 0. The first kappa shape index (κ1) is 11.3. The van der Waals surface area contributed by atoms with Gasteiger partial charge in [0.2, 0.25) is 5.88 Å². The van der Waals surface area contributed by atoms with Gasteiger partial charge in [-0.1, -0.05) is 0 Å². The van der Waals surface area contributed by atoms with Gasteiger partial charge in [-0.05, 0) is 13.0 Å². The molecule has 0 aliphatic rings. The first-order valence-electron chi connectivity index (χ1n) is 3.75. The zero-order chi connectivity index (χ0) is 11.6. The molecular weight excluding hydrogens is 215 g/mol. The number of aldehydes is 1. The van der Waals surface area contributed by atoms with Gasteiger partial charge in [0.05, 0.1) is 0 Å². The molecular formula is C8H6F3NO3. The normalized spacial score (nSPS) is 11.2. The highest BCUT2D eigenvalue weighted by Gasteiger charge is 2.32. The van der Waals surface area contributed by atoms with Crippen molar-refractivity contribution in [1.29, 1.82) is 0 Å². The van der Waals surface area contributed by atoms with Crippen LogP contribution in [0.1, 0.15) is 16.1 Å². The molecule has 1 N–H and O–H groups in total. The lowest BCUT2D eigenvalue weighted by Gasteiger charge is -2.10. The maximum absolute atomic E-state index is 11.8. The molecule has 82 valence electrons. The van der Waals surface area contributed by atoms with Crippen molar-refractivity contribution in [2.75, 3.05) is 0 Å². The molecule has 1 aromatic heterocycles. The standard InChI is InChI=1S/C8H6F3NO3/c1-4-2-6(14)5(3-13)12-7(4)15-8(9,10)11/h2-3,14H,1H3. The minimum atomic E-state index is -4.88. The molecule has 1 rings (SSSR count). The molecule has 0 saturated heterocycles. The van der Waals surface area contributed by atoms with Crippen molar-refractivity contribution in [1.82, 2.24) is 4.98 Å². The molecule has 1 heterocycles. The summed E-state index contributed by atoms with van der Waals surface area (Å²) in [6.45, 7) is 1.27. The van der Waals surface area contributed by atoms with E-state index in [0.717, 1.165) is 6.07 Å². The molecule has 0 bridgehead atoms. The molecule has 0 aromatic carbocycles. The summed E-state index contributed by atoms with van der Waals surface area (Å²) in [5.74, 6) is -1.24. The van der Waals surface area contributed by atoms with Gasteiger partial charge in [0.15, 0.2) is 6.29 Å². The number of carbonyl (C=O) groups is 1. The molecule has 4 nitrogen and oxygen atoms in total. The maximum Gasteiger partial charge on any atom is 0.574 e. The van der Waals surface area contributed by atoms with E-state index in [2.05, 4.69) is 9.72 Å². The summed E-state index contributed by atoms with van der Waals surface area (Å²) in [5.41, 5.74) is -0.518. The first-order valence-corrected chi connectivity index (χ1v) is 3.75. The average Bonchev–Trinajstić information content (AvgIpc) is 2.07. The van der Waals surface area contributed by atoms with Crippen LogP contribution in [0.3, 0.4) is 0 Å². The highest BCUT2D eigenvalue weighted by molar-refractivity contribution is 5.76. The number of carbonyl (C=O) groups excluding carboxylic acids is 1. The number of hydrogen-bond donors (Lipinski definition) is 1. The Labute approximate surface area is 82.3 Å². The number of alkyl halides is 3. The van der Waals surface area contributed by atoms with Crippen molar-refractivity contribution in [2.45, 2.75) is 13.3 Å². The van der Waals surface area contributed by atoms with Crippen LogP contribution in [-0.4, -0.2) is 22.7 Å². The Morgan fingerprint density at radius 3 is 2.60 bits per heavy atom. The molecule has 0 aliphatic carbocycles. The lowest BCUT2D eigenvalue weighted by molar-refractivity contribution is -0.276. The number of hydrogen-bond acceptors (Lipinski definition) is 4. The van der Waals surface area contributed by atoms with Crippen LogP contribution < -0.4 is 4.74 Å². The van der Waals surface area contributed by atoms with Crippen LogP contribution in [0.25, 0.3) is 0 Å². The zero-order valence-corrected chi connectivity index (χ0v) is 7.50. The average molecular weight is 221 g/mol. The number of ether oxygens (including phenoxy) is 1. The van der Waals surface area contributed by atoms with Gasteiger partial charge in [-0.15, -0.1) is 13.2 Å². The Morgan fingerprint density at radius 1 is 1.53 bits per heavy atom. The highest BCUT2D eigenvalue weighted by atomic mass is 19.4. The van der Waals surface area contributed by atoms with Gasteiger partial charge in [-0.2, -0.15) is 0 Å². The molecule has 0 unspecified atom stereocenters. The van der Waals surface area contributed by atoms with E-state index in [9.17, 15) is 18.0 Å². The molecule has 15 heavy (non-hydrogen) atoms. The summed E-state index contributed by atoms with van der Waals surface area (Å²) in [6, 6.07) is 0.970. The molecule has 1 aromatic rings. The second-order valence-corrected chi connectivity index (χ2v) is 2.68. The number of rotatable bonds is 2. The smallest absolute Gasteiger partial charge is 0.506 e. The Morgan fingerprint density at radius 2 is 2.13 bits per heavy atom. The number of halogens is 3. The van der Waals surface area contributed by atoms with Gasteiger partial charge in [-0.3, -0.25) is 4.79 Å². The largest absolute Gasteiger partial charge is 0.574 e. The van der Waals surface area contributed by atoms with Gasteiger partial charge >= 0.3 is 6.36 Å². The van der Waals surface area contributed by atoms with E-state index in [4.69, 9.17) is 5.11 Å². The first-order chi connectivity index (χ1) is 6.83. The predicted molar refractivity (Wildman–Crippen MR) is 42.7 cm³/mol. The van der Waals surface area contributed by atoms with Crippen molar-refractivity contribution in [3.8, 4) is 11.6 Å². The van der Waals surface area contributed by atoms with Crippen molar-refractivity contribution in [2.24, 2.45) is 0 Å². The number of aromatic hydroxyl groups is 1. The Bertz CT molecular complexity index is 389. The monoisotopic (exact) mass is 221 g/mol. The van der Waals surface area contributed by atoms with Gasteiger partial charge in [0.1, 0.15) is 11.4 Å². The Kier molecular flexibility index (Phi) is 2.83. The van der Waals surface area contributed by atoms with Gasteiger partial charge in [-0.25, -0.2) is 4.98 Å². The Balaban J connectivity index is 3.13. The number of aromatic nitrogens is 1. The van der Waals surface area contributed by atoms with Gasteiger partial charge in [0, 0.05) is 5.56 Å². The number of nitrogens with zero attached hydrogens (tertiary/aromatic N) is 1. The summed E-state index contributed by atoms with van der Waals surface area (Å²) < 4.78 is 39.1. The van der Waals surface area contributed by atoms with Crippen LogP contribution >= 0.6 is 0 Å². The van der Waals surface area contributed by atoms with Crippen molar-refractivity contribution < 1.29 is 27.8 Å². The SMILES string of the molecule is Cc1cc(O)c(C=O)nc1OC(F)(F)F. The number of pyridine rings is 1. The molecule has 0 spiro atoms. The van der Waals surface area contributed by atoms with E-state index in [1.54, 1.807) is 0 Å². The van der Waals surface area contributed by atoms with Crippen LogP contribution in [0.2, 0.25) is 0 Å². The topological polar surface area (TPSA) is 59.4 Å². The third kappa shape index (κ3) is 2.83. The fraction of sp³-hybridized carbons (Fsp3) is 0.250. The Hall–Kier alpha value is -1.79. The molecule has 7 heteroatoms. The molecule has 0 amide bonds. The van der Waals surface area contributed by atoms with Crippen LogP contribution in [0.5, 0.6) is 11.6 Å². The predicted octanol–water partition coefficient (Wildman–Crippen LogP) is 1.81. The van der Waals surface area contributed by atoms with Gasteiger partial charge in [0.25, 0.3) is 0 Å². The van der Waals surface area contributed by atoms with E-state index in [1.807, 2.05) is 0 Å². The van der Waals surface area contributed by atoms with E-state index in [-0.39, 0.29) is 11.8 Å². The van der Waals surface area contributed by atoms with Crippen LogP contribution in [0.4, 0.5) is 13.2 Å². The minimum Gasteiger partial charge on any atom is -0.506 e. The van der Waals surface area contributed by atoms with Crippen molar-refractivity contribution in [3.05, 3.63) is 17.3 Å². The fourth-order valence-corrected chi connectivity index (χ4v) is 0.895. The second kappa shape index (κ2) is 3.76. The quantitative estimate of drug-likeness (QED) is 0.773. The van der Waals surface area contributed by atoms with Crippen LogP contribution in [0.15, 0.2) is 6.07 Å². The third-order valence-electron chi connectivity index (χ3n) is 1.50. The lowest BCUT2D eigenvalue weighted by atomic mass is 10.2. The molecule has 0 atom stereocenters. The summed E-state index contributed by atoms with van der Waals surface area (Å²) in [6.07, 6.45) is -4.74. The van der Waals surface area contributed by atoms with E-state index < -0.39 is 23.7 Å². The van der Waals surface area contributed by atoms with Crippen LogP contribution in [-0.2, 0) is 0 Å². The van der Waals surface area contributed by atoms with Crippen LogP contribution in [0, 0.1) is 6.92 Å². The minimum absolute atomic E-state index is 0.0181. The molecule has 0 fully saturated rings. The molecule has 0 aliphatic heterocycles. The van der Waals surface area contributed by atoms with Crippen molar-refractivity contribution in [3.63, 3.8) is 0 Å². The lowest BCUT2D eigenvalue weighted by Crippen LogP contribution is -2.19. The van der Waals surface area contributed by atoms with Gasteiger partial charge < -0.3 is 9.84 Å². The summed E-state index contributed by atoms with van der Waals surface area (Å²) in [5, 5.41) is 9.08. The van der Waals surface area contributed by atoms with Crippen molar-refractivity contribution >= 4 is 6.29 Å². The third-order valence-corrected chi connectivity index (χ3v) is 1.50. The summed E-state index contributed by atoms with van der Waals surface area (Å²) in [4.78, 5) is 13.5. The number of aryl methyl sites for hydroxylation is 1. The summed E-state index contributed by atoms with van der Waals surface area (Å²) >= 11 is 0. The maximum atomic E-state index is 11.8. The highest BCUT2D eigenvalue weighted by Crippen LogP contribution is 2.27.